The summed E-state index contributed by atoms with van der Waals surface area (Å²) in [6.07, 6.45) is 3.11. The minimum atomic E-state index is -0.244. The van der Waals surface area contributed by atoms with Crippen molar-refractivity contribution in [2.75, 3.05) is 59.4 Å². The summed E-state index contributed by atoms with van der Waals surface area (Å²) in [6, 6.07) is 3.26. The first-order valence-electron chi connectivity index (χ1n) is 9.15. The number of benzene rings is 1. The molecular formula is C19H30ClN3O5. The van der Waals surface area contributed by atoms with E-state index in [0.717, 1.165) is 32.4 Å². The number of anilines is 1. The first-order chi connectivity index (χ1) is 13.1. The predicted molar refractivity (Wildman–Crippen MR) is 110 cm³/mol. The molecule has 8 nitrogen and oxygen atoms in total. The summed E-state index contributed by atoms with van der Waals surface area (Å²) in [6.45, 7) is 2.64. The number of hydrogen-bond donors (Lipinski definition) is 2. The molecule has 1 aliphatic rings. The van der Waals surface area contributed by atoms with Gasteiger partial charge in [0.1, 0.15) is 0 Å². The van der Waals surface area contributed by atoms with Crippen molar-refractivity contribution in [1.29, 1.82) is 0 Å². The molecule has 0 atom stereocenters. The highest BCUT2D eigenvalue weighted by Gasteiger charge is 2.24. The average Bonchev–Trinajstić information content (AvgIpc) is 2.71. The number of halogens is 1. The molecule has 2 rings (SSSR count). The molecule has 0 saturated carbocycles. The molecule has 1 saturated heterocycles. The molecule has 1 aromatic rings. The van der Waals surface area contributed by atoms with Crippen molar-refractivity contribution in [3.05, 3.63) is 17.7 Å². The highest BCUT2D eigenvalue weighted by Crippen LogP contribution is 2.34. The molecule has 0 aromatic heterocycles. The van der Waals surface area contributed by atoms with E-state index in [1.807, 2.05) is 4.90 Å². The van der Waals surface area contributed by atoms with Gasteiger partial charge in [0.15, 0.2) is 11.5 Å². The van der Waals surface area contributed by atoms with Gasteiger partial charge in [0.2, 0.25) is 5.91 Å². The maximum absolute atomic E-state index is 13.0. The average molecular weight is 416 g/mol. The Hall–Kier alpha value is -2.03. The number of piperidine rings is 1. The minimum Gasteiger partial charge on any atom is -0.493 e. The zero-order chi connectivity index (χ0) is 19.6. The maximum atomic E-state index is 13.0. The third-order valence-corrected chi connectivity index (χ3v) is 4.44. The van der Waals surface area contributed by atoms with E-state index in [0.29, 0.717) is 35.9 Å². The highest BCUT2D eigenvalue weighted by molar-refractivity contribution is 6.05. The van der Waals surface area contributed by atoms with Crippen molar-refractivity contribution in [2.45, 2.75) is 19.3 Å². The van der Waals surface area contributed by atoms with E-state index in [4.69, 9.17) is 14.2 Å². The smallest absolute Gasteiger partial charge is 0.256 e. The quantitative estimate of drug-likeness (QED) is 0.599. The molecule has 1 fully saturated rings. The monoisotopic (exact) mass is 415 g/mol. The number of hydrogen-bond acceptors (Lipinski definition) is 6. The SMILES string of the molecule is COCCNCC(=O)Nc1cc(OC)c(OC)cc1C(=O)N1CCCCC1.Cl. The first-order valence-corrected chi connectivity index (χ1v) is 9.15. The number of rotatable bonds is 9. The van der Waals surface area contributed by atoms with Gasteiger partial charge < -0.3 is 29.7 Å². The van der Waals surface area contributed by atoms with Gasteiger partial charge in [0, 0.05) is 32.8 Å². The third kappa shape index (κ3) is 6.54. The van der Waals surface area contributed by atoms with Crippen LogP contribution in [0.5, 0.6) is 11.5 Å². The molecule has 1 heterocycles. The number of nitrogens with one attached hydrogen (secondary N) is 2. The molecule has 0 aliphatic carbocycles. The Morgan fingerprint density at radius 2 is 1.68 bits per heavy atom. The Balaban J connectivity index is 0.00000392. The normalized spacial score (nSPS) is 13.5. The van der Waals surface area contributed by atoms with Crippen molar-refractivity contribution in [2.24, 2.45) is 0 Å². The van der Waals surface area contributed by atoms with Crippen LogP contribution in [0.1, 0.15) is 29.6 Å². The van der Waals surface area contributed by atoms with Crippen LogP contribution >= 0.6 is 12.4 Å². The van der Waals surface area contributed by atoms with Crippen LogP contribution in [0, 0.1) is 0 Å². The van der Waals surface area contributed by atoms with Crippen molar-refractivity contribution in [3.63, 3.8) is 0 Å². The van der Waals surface area contributed by atoms with E-state index in [9.17, 15) is 9.59 Å². The zero-order valence-electron chi connectivity index (χ0n) is 16.7. The van der Waals surface area contributed by atoms with E-state index in [1.54, 1.807) is 19.2 Å². The molecule has 0 bridgehead atoms. The lowest BCUT2D eigenvalue weighted by molar-refractivity contribution is -0.115. The first kappa shape index (κ1) is 24.0. The number of amides is 2. The van der Waals surface area contributed by atoms with Crippen LogP contribution < -0.4 is 20.1 Å². The summed E-state index contributed by atoms with van der Waals surface area (Å²) in [7, 11) is 4.64. The summed E-state index contributed by atoms with van der Waals surface area (Å²) < 4.78 is 15.6. The molecule has 9 heteroatoms. The van der Waals surface area contributed by atoms with Gasteiger partial charge in [-0.3, -0.25) is 9.59 Å². The van der Waals surface area contributed by atoms with Crippen LogP contribution in [0.15, 0.2) is 12.1 Å². The molecule has 1 aromatic carbocycles. The van der Waals surface area contributed by atoms with Crippen LogP contribution in [-0.4, -0.2) is 70.8 Å². The fourth-order valence-electron chi connectivity index (χ4n) is 3.00. The van der Waals surface area contributed by atoms with Gasteiger partial charge in [-0.05, 0) is 25.3 Å². The topological polar surface area (TPSA) is 89.1 Å². The lowest BCUT2D eigenvalue weighted by Crippen LogP contribution is -2.36. The summed E-state index contributed by atoms with van der Waals surface area (Å²) in [5.41, 5.74) is 0.821. The van der Waals surface area contributed by atoms with Crippen molar-refractivity contribution >= 4 is 29.9 Å². The van der Waals surface area contributed by atoms with E-state index >= 15 is 0 Å². The van der Waals surface area contributed by atoms with E-state index in [2.05, 4.69) is 10.6 Å². The minimum absolute atomic E-state index is 0. The second-order valence-corrected chi connectivity index (χ2v) is 6.32. The molecule has 0 spiro atoms. The van der Waals surface area contributed by atoms with Gasteiger partial charge >= 0.3 is 0 Å². The number of carbonyl (C=O) groups is 2. The number of nitrogens with zero attached hydrogens (tertiary/aromatic N) is 1. The van der Waals surface area contributed by atoms with Crippen LogP contribution in [0.25, 0.3) is 0 Å². The van der Waals surface area contributed by atoms with E-state index < -0.39 is 0 Å². The Morgan fingerprint density at radius 3 is 2.29 bits per heavy atom. The largest absolute Gasteiger partial charge is 0.493 e. The molecule has 0 unspecified atom stereocenters. The second kappa shape index (κ2) is 12.4. The summed E-state index contributed by atoms with van der Waals surface area (Å²) in [5, 5.41) is 5.79. The summed E-state index contributed by atoms with van der Waals surface area (Å²) in [4.78, 5) is 27.1. The fourth-order valence-corrected chi connectivity index (χ4v) is 3.00. The third-order valence-electron chi connectivity index (χ3n) is 4.44. The van der Waals surface area contributed by atoms with E-state index in [1.165, 1.54) is 14.2 Å². The van der Waals surface area contributed by atoms with Crippen molar-refractivity contribution in [1.82, 2.24) is 10.2 Å². The molecule has 1 aliphatic heterocycles. The van der Waals surface area contributed by atoms with Gasteiger partial charge in [-0.2, -0.15) is 0 Å². The van der Waals surface area contributed by atoms with Gasteiger partial charge in [-0.25, -0.2) is 0 Å². The van der Waals surface area contributed by atoms with Gasteiger partial charge in [0.05, 0.1) is 38.6 Å². The lowest BCUT2D eigenvalue weighted by atomic mass is 10.1. The Labute approximate surface area is 172 Å². The van der Waals surface area contributed by atoms with Crippen LogP contribution in [-0.2, 0) is 9.53 Å². The fraction of sp³-hybridized carbons (Fsp3) is 0.579. The number of likely N-dealkylation sites (tertiary alicyclic amines) is 1. The molecule has 158 valence electrons. The van der Waals surface area contributed by atoms with Crippen molar-refractivity contribution in [3.8, 4) is 11.5 Å². The molecule has 0 radical (unpaired) electrons. The van der Waals surface area contributed by atoms with Gasteiger partial charge in [-0.1, -0.05) is 0 Å². The maximum Gasteiger partial charge on any atom is 0.256 e. The number of ether oxygens (including phenoxy) is 3. The molecule has 2 amide bonds. The zero-order valence-corrected chi connectivity index (χ0v) is 17.5. The molecule has 28 heavy (non-hydrogen) atoms. The van der Waals surface area contributed by atoms with Crippen molar-refractivity contribution < 1.29 is 23.8 Å². The van der Waals surface area contributed by atoms with Crippen LogP contribution in [0.3, 0.4) is 0 Å². The van der Waals surface area contributed by atoms with Crippen LogP contribution in [0.4, 0.5) is 5.69 Å². The molecule has 2 N–H and O–H groups in total. The standard InChI is InChI=1S/C19H29N3O5.ClH/c1-25-10-7-20-13-18(23)21-15-12-17(27-3)16(26-2)11-14(15)19(24)22-8-5-4-6-9-22;/h11-12,20H,4-10,13H2,1-3H3,(H,21,23);1H. The summed E-state index contributed by atoms with van der Waals surface area (Å²) >= 11 is 0. The van der Waals surface area contributed by atoms with Crippen LogP contribution in [0.2, 0.25) is 0 Å². The number of carbonyl (C=O) groups excluding carboxylic acids is 2. The molecular weight excluding hydrogens is 386 g/mol. The number of methoxy groups -OCH3 is 3. The highest BCUT2D eigenvalue weighted by atomic mass is 35.5. The van der Waals surface area contributed by atoms with Gasteiger partial charge in [-0.15, -0.1) is 12.4 Å². The lowest BCUT2D eigenvalue weighted by Gasteiger charge is -2.28. The van der Waals surface area contributed by atoms with Gasteiger partial charge in [0.25, 0.3) is 5.91 Å². The Kier molecular flexibility index (Phi) is 10.7. The van der Waals surface area contributed by atoms with E-state index in [-0.39, 0.29) is 30.8 Å². The Morgan fingerprint density at radius 1 is 1.04 bits per heavy atom. The predicted octanol–water partition coefficient (Wildman–Crippen LogP) is 1.93. The summed E-state index contributed by atoms with van der Waals surface area (Å²) in [5.74, 6) is 0.550. The Bertz CT molecular complexity index is 651. The second-order valence-electron chi connectivity index (χ2n) is 6.32.